The molecule has 25 heavy (non-hydrogen) atoms. The maximum atomic E-state index is 12.0. The maximum absolute atomic E-state index is 12.0. The number of nitrogens with one attached hydrogen (secondary N) is 1. The fourth-order valence-corrected chi connectivity index (χ4v) is 3.64. The SMILES string of the molecule is Cc1cccc(C)c1-c1cc([S+](C)[O-])nc(NSc2ccccc2)n1. The quantitative estimate of drug-likeness (QED) is 0.404. The fourth-order valence-electron chi connectivity index (χ4n) is 2.56. The van der Waals surface area contributed by atoms with Crippen LogP contribution in [0.3, 0.4) is 0 Å². The molecule has 1 atom stereocenters. The Morgan fingerprint density at radius 3 is 2.28 bits per heavy atom. The third-order valence-electron chi connectivity index (χ3n) is 3.74. The summed E-state index contributed by atoms with van der Waals surface area (Å²) in [6.45, 7) is 4.11. The standard InChI is InChI=1S/C19H19N3OS2/c1-13-8-7-9-14(2)18(13)16-12-17(25(3)23)21-19(20-16)22-24-15-10-5-4-6-11-15/h4-12H,1-3H3,(H,20,21,22). The molecule has 6 heteroatoms. The van der Waals surface area contributed by atoms with Crippen LogP contribution < -0.4 is 4.72 Å². The van der Waals surface area contributed by atoms with E-state index < -0.39 is 11.2 Å². The predicted molar refractivity (Wildman–Crippen MR) is 105 cm³/mol. The van der Waals surface area contributed by atoms with Gasteiger partial charge in [-0.3, -0.25) is 4.72 Å². The average molecular weight is 370 g/mol. The van der Waals surface area contributed by atoms with Crippen LogP contribution in [-0.2, 0) is 11.2 Å². The highest BCUT2D eigenvalue weighted by atomic mass is 32.2. The van der Waals surface area contributed by atoms with Gasteiger partial charge in [0.1, 0.15) is 6.26 Å². The lowest BCUT2D eigenvalue weighted by Gasteiger charge is -2.13. The number of rotatable bonds is 5. The highest BCUT2D eigenvalue weighted by molar-refractivity contribution is 8.00. The summed E-state index contributed by atoms with van der Waals surface area (Å²) < 4.78 is 15.2. The van der Waals surface area contributed by atoms with Gasteiger partial charge in [0.2, 0.25) is 11.0 Å². The van der Waals surface area contributed by atoms with Gasteiger partial charge in [-0.25, -0.2) is 4.98 Å². The summed E-state index contributed by atoms with van der Waals surface area (Å²) in [7, 11) is 0. The second-order valence-electron chi connectivity index (χ2n) is 5.65. The van der Waals surface area contributed by atoms with E-state index in [2.05, 4.69) is 40.7 Å². The minimum Gasteiger partial charge on any atom is -0.610 e. The Bertz CT molecular complexity index is 850. The van der Waals surface area contributed by atoms with Gasteiger partial charge in [-0.05, 0) is 49.1 Å². The molecule has 1 heterocycles. The molecule has 2 aromatic carbocycles. The number of hydrogen-bond donors (Lipinski definition) is 1. The number of benzene rings is 2. The van der Waals surface area contributed by atoms with E-state index in [1.807, 2.05) is 42.5 Å². The van der Waals surface area contributed by atoms with Gasteiger partial charge >= 0.3 is 0 Å². The van der Waals surface area contributed by atoms with Crippen molar-refractivity contribution in [3.8, 4) is 11.3 Å². The van der Waals surface area contributed by atoms with E-state index in [1.54, 1.807) is 6.26 Å². The molecule has 0 bridgehead atoms. The summed E-state index contributed by atoms with van der Waals surface area (Å²) in [4.78, 5) is 10.1. The lowest BCUT2D eigenvalue weighted by molar-refractivity contribution is 0.597. The van der Waals surface area contributed by atoms with Crippen molar-refractivity contribution in [3.05, 3.63) is 65.7 Å². The molecule has 0 aliphatic carbocycles. The summed E-state index contributed by atoms with van der Waals surface area (Å²) >= 11 is 0.247. The minimum absolute atomic E-state index is 0.458. The minimum atomic E-state index is -1.18. The molecule has 0 saturated heterocycles. The zero-order chi connectivity index (χ0) is 17.8. The van der Waals surface area contributed by atoms with Crippen LogP contribution in [0.2, 0.25) is 0 Å². The highest BCUT2D eigenvalue weighted by Crippen LogP contribution is 2.29. The van der Waals surface area contributed by atoms with Crippen molar-refractivity contribution in [3.63, 3.8) is 0 Å². The number of aryl methyl sites for hydroxylation is 2. The van der Waals surface area contributed by atoms with Gasteiger partial charge in [0.25, 0.3) is 0 Å². The normalized spacial score (nSPS) is 12.0. The lowest BCUT2D eigenvalue weighted by atomic mass is 10.00. The Morgan fingerprint density at radius 2 is 1.64 bits per heavy atom. The molecule has 0 amide bonds. The van der Waals surface area contributed by atoms with Crippen molar-refractivity contribution in [1.29, 1.82) is 0 Å². The van der Waals surface area contributed by atoms with Gasteiger partial charge in [-0.1, -0.05) is 36.4 Å². The van der Waals surface area contributed by atoms with Crippen molar-refractivity contribution in [2.75, 3.05) is 11.0 Å². The zero-order valence-corrected chi connectivity index (χ0v) is 15.9. The smallest absolute Gasteiger partial charge is 0.249 e. The number of hydrogen-bond acceptors (Lipinski definition) is 5. The second kappa shape index (κ2) is 7.91. The van der Waals surface area contributed by atoms with Crippen molar-refractivity contribution in [2.24, 2.45) is 0 Å². The van der Waals surface area contributed by atoms with E-state index in [-0.39, 0.29) is 0 Å². The highest BCUT2D eigenvalue weighted by Gasteiger charge is 2.16. The van der Waals surface area contributed by atoms with Crippen LogP contribution in [0, 0.1) is 13.8 Å². The van der Waals surface area contributed by atoms with Crippen molar-refractivity contribution in [1.82, 2.24) is 9.97 Å². The molecular formula is C19H19N3OS2. The predicted octanol–water partition coefficient (Wildman–Crippen LogP) is 4.62. The van der Waals surface area contributed by atoms with E-state index in [0.717, 1.165) is 27.3 Å². The topological polar surface area (TPSA) is 60.9 Å². The molecule has 0 fully saturated rings. The van der Waals surface area contributed by atoms with E-state index in [0.29, 0.717) is 11.0 Å². The third kappa shape index (κ3) is 4.34. The number of anilines is 1. The second-order valence-corrected chi connectivity index (χ2v) is 7.86. The molecule has 3 rings (SSSR count). The lowest BCUT2D eigenvalue weighted by Crippen LogP contribution is -2.06. The van der Waals surface area contributed by atoms with Crippen LogP contribution in [0.4, 0.5) is 5.95 Å². The first-order chi connectivity index (χ1) is 12.0. The van der Waals surface area contributed by atoms with Gasteiger partial charge in [0, 0.05) is 27.7 Å². The summed E-state index contributed by atoms with van der Waals surface area (Å²) in [5.41, 5.74) is 4.11. The van der Waals surface area contributed by atoms with E-state index in [9.17, 15) is 4.55 Å². The van der Waals surface area contributed by atoms with E-state index in [1.165, 1.54) is 11.9 Å². The molecule has 0 spiro atoms. The van der Waals surface area contributed by atoms with Gasteiger partial charge in [0.15, 0.2) is 0 Å². The zero-order valence-electron chi connectivity index (χ0n) is 14.3. The van der Waals surface area contributed by atoms with E-state index >= 15 is 0 Å². The first-order valence-corrected chi connectivity index (χ1v) is 10.2. The molecule has 0 radical (unpaired) electrons. The Labute approximate surface area is 155 Å². The molecule has 1 N–H and O–H groups in total. The molecule has 1 aromatic heterocycles. The monoisotopic (exact) mass is 369 g/mol. The van der Waals surface area contributed by atoms with Crippen LogP contribution in [0.5, 0.6) is 0 Å². The molecule has 4 nitrogen and oxygen atoms in total. The van der Waals surface area contributed by atoms with Gasteiger partial charge in [-0.2, -0.15) is 4.98 Å². The molecule has 128 valence electrons. The van der Waals surface area contributed by atoms with Crippen molar-refractivity contribution >= 4 is 29.1 Å². The Hall–Kier alpha value is -2.02. The fraction of sp³-hybridized carbons (Fsp3) is 0.158. The first-order valence-electron chi connectivity index (χ1n) is 7.81. The number of nitrogens with zero attached hydrogens (tertiary/aromatic N) is 2. The van der Waals surface area contributed by atoms with Crippen LogP contribution in [0.1, 0.15) is 11.1 Å². The summed E-state index contributed by atoms with van der Waals surface area (Å²) in [6, 6.07) is 17.9. The molecule has 3 aromatic rings. The summed E-state index contributed by atoms with van der Waals surface area (Å²) in [6.07, 6.45) is 1.63. The van der Waals surface area contributed by atoms with Gasteiger partial charge in [-0.15, -0.1) is 0 Å². The molecule has 0 saturated carbocycles. The molecule has 0 aliphatic heterocycles. The van der Waals surface area contributed by atoms with Crippen molar-refractivity contribution in [2.45, 2.75) is 23.8 Å². The van der Waals surface area contributed by atoms with Crippen molar-refractivity contribution < 1.29 is 4.55 Å². The molecule has 1 unspecified atom stereocenters. The largest absolute Gasteiger partial charge is 0.610 e. The summed E-state index contributed by atoms with van der Waals surface area (Å²) in [5.74, 6) is 0.458. The van der Waals surface area contributed by atoms with Crippen LogP contribution in [-0.4, -0.2) is 20.8 Å². The van der Waals surface area contributed by atoms with Crippen LogP contribution >= 0.6 is 11.9 Å². The Morgan fingerprint density at radius 1 is 0.960 bits per heavy atom. The Kier molecular flexibility index (Phi) is 5.63. The average Bonchev–Trinajstić information content (AvgIpc) is 2.60. The Balaban J connectivity index is 1.98. The van der Waals surface area contributed by atoms with Crippen LogP contribution in [0.15, 0.2) is 64.5 Å². The third-order valence-corrected chi connectivity index (χ3v) is 5.33. The van der Waals surface area contributed by atoms with Gasteiger partial charge in [0.05, 0.1) is 5.69 Å². The maximum Gasteiger partial charge on any atom is 0.249 e. The first kappa shape index (κ1) is 17.8. The molecular weight excluding hydrogens is 350 g/mol. The van der Waals surface area contributed by atoms with Gasteiger partial charge < -0.3 is 4.55 Å². The molecule has 0 aliphatic rings. The van der Waals surface area contributed by atoms with Crippen LogP contribution in [0.25, 0.3) is 11.3 Å². The number of aromatic nitrogens is 2. The van der Waals surface area contributed by atoms with E-state index in [4.69, 9.17) is 0 Å². The summed E-state index contributed by atoms with van der Waals surface area (Å²) in [5, 5.41) is 0.517.